The summed E-state index contributed by atoms with van der Waals surface area (Å²) in [6.07, 6.45) is 5.24. The van der Waals surface area contributed by atoms with Crippen LogP contribution in [-0.4, -0.2) is 36.3 Å². The number of anilines is 2. The third-order valence-electron chi connectivity index (χ3n) is 2.50. The smallest absolute Gasteiger partial charge is 0.258 e. The maximum absolute atomic E-state index is 5.65. The van der Waals surface area contributed by atoms with Gasteiger partial charge in [-0.1, -0.05) is 0 Å². The standard InChI is InChI=1S/C11H12N8O/c12-9-16-10(14-4-3-8-2-1-5-20-8)18-11(17-9)19-7-13-6-15-19/h1-2,5-7H,3-4H2,(H3,12,14,16,17,18). The molecule has 102 valence electrons. The molecule has 3 rings (SSSR count). The summed E-state index contributed by atoms with van der Waals surface area (Å²) in [7, 11) is 0. The molecular formula is C11H12N8O. The van der Waals surface area contributed by atoms with E-state index in [1.54, 1.807) is 6.26 Å². The molecule has 3 aromatic heterocycles. The van der Waals surface area contributed by atoms with E-state index in [4.69, 9.17) is 10.2 Å². The van der Waals surface area contributed by atoms with Crippen LogP contribution in [0.5, 0.6) is 0 Å². The van der Waals surface area contributed by atoms with Crippen LogP contribution in [0.25, 0.3) is 5.95 Å². The fraction of sp³-hybridized carbons (Fsp3) is 0.182. The number of hydrogen-bond donors (Lipinski definition) is 2. The average Bonchev–Trinajstić information content (AvgIpc) is 3.11. The van der Waals surface area contributed by atoms with E-state index in [9.17, 15) is 0 Å². The Morgan fingerprint density at radius 3 is 3.00 bits per heavy atom. The van der Waals surface area contributed by atoms with E-state index in [1.807, 2.05) is 12.1 Å². The van der Waals surface area contributed by atoms with Gasteiger partial charge in [-0.2, -0.15) is 24.7 Å². The normalized spacial score (nSPS) is 10.6. The van der Waals surface area contributed by atoms with Crippen LogP contribution in [0.2, 0.25) is 0 Å². The molecule has 0 aliphatic heterocycles. The van der Waals surface area contributed by atoms with Crippen molar-refractivity contribution in [2.24, 2.45) is 0 Å². The van der Waals surface area contributed by atoms with E-state index in [-0.39, 0.29) is 5.95 Å². The summed E-state index contributed by atoms with van der Waals surface area (Å²) in [5, 5.41) is 7.01. The third kappa shape index (κ3) is 2.71. The summed E-state index contributed by atoms with van der Waals surface area (Å²) in [6, 6.07) is 3.75. The van der Waals surface area contributed by atoms with Crippen molar-refractivity contribution in [3.05, 3.63) is 36.8 Å². The molecule has 0 bridgehead atoms. The van der Waals surface area contributed by atoms with Gasteiger partial charge in [-0.3, -0.25) is 0 Å². The van der Waals surface area contributed by atoms with Gasteiger partial charge in [0.25, 0.3) is 5.95 Å². The van der Waals surface area contributed by atoms with Gasteiger partial charge < -0.3 is 15.5 Å². The molecule has 9 heteroatoms. The van der Waals surface area contributed by atoms with Crippen LogP contribution in [-0.2, 0) is 6.42 Å². The average molecular weight is 272 g/mol. The molecule has 9 nitrogen and oxygen atoms in total. The lowest BCUT2D eigenvalue weighted by Gasteiger charge is -2.06. The van der Waals surface area contributed by atoms with Gasteiger partial charge in [0, 0.05) is 13.0 Å². The molecule has 3 N–H and O–H groups in total. The van der Waals surface area contributed by atoms with Crippen molar-refractivity contribution in [1.29, 1.82) is 0 Å². The molecule has 3 aromatic rings. The second kappa shape index (κ2) is 5.34. The molecule has 0 fully saturated rings. The molecule has 3 heterocycles. The number of nitrogens with one attached hydrogen (secondary N) is 1. The molecule has 0 saturated carbocycles. The summed E-state index contributed by atoms with van der Waals surface area (Å²) >= 11 is 0. The summed E-state index contributed by atoms with van der Waals surface area (Å²) in [6.45, 7) is 0.619. The van der Waals surface area contributed by atoms with E-state index in [0.29, 0.717) is 18.4 Å². The Hall–Kier alpha value is -2.97. The van der Waals surface area contributed by atoms with Crippen molar-refractivity contribution < 1.29 is 4.42 Å². The Bertz CT molecular complexity index is 664. The summed E-state index contributed by atoms with van der Waals surface area (Å²) < 4.78 is 6.65. The van der Waals surface area contributed by atoms with E-state index in [2.05, 4.69) is 30.4 Å². The van der Waals surface area contributed by atoms with Crippen molar-refractivity contribution in [3.8, 4) is 5.95 Å². The van der Waals surface area contributed by atoms with Gasteiger partial charge in [0.2, 0.25) is 11.9 Å². The van der Waals surface area contributed by atoms with Gasteiger partial charge in [0.05, 0.1) is 6.26 Å². The molecule has 0 aliphatic carbocycles. The number of nitrogens with zero attached hydrogens (tertiary/aromatic N) is 6. The zero-order chi connectivity index (χ0) is 13.8. The molecule has 0 atom stereocenters. The van der Waals surface area contributed by atoms with Crippen LogP contribution < -0.4 is 11.1 Å². The van der Waals surface area contributed by atoms with Crippen LogP contribution in [0.3, 0.4) is 0 Å². The SMILES string of the molecule is Nc1nc(NCCc2ccco2)nc(-n2cncn2)n1. The van der Waals surface area contributed by atoms with Crippen LogP contribution in [0, 0.1) is 0 Å². The molecule has 0 aliphatic rings. The van der Waals surface area contributed by atoms with Crippen molar-refractivity contribution >= 4 is 11.9 Å². The molecule has 0 radical (unpaired) electrons. The molecule has 0 aromatic carbocycles. The Balaban J connectivity index is 1.70. The first-order valence-electron chi connectivity index (χ1n) is 5.94. The van der Waals surface area contributed by atoms with Crippen LogP contribution in [0.15, 0.2) is 35.5 Å². The van der Waals surface area contributed by atoms with E-state index < -0.39 is 0 Å². The fourth-order valence-electron chi connectivity index (χ4n) is 1.63. The van der Waals surface area contributed by atoms with Gasteiger partial charge in [-0.05, 0) is 12.1 Å². The minimum absolute atomic E-state index is 0.117. The number of furan rings is 1. The highest BCUT2D eigenvalue weighted by atomic mass is 16.3. The topological polar surface area (TPSA) is 121 Å². The van der Waals surface area contributed by atoms with Crippen LogP contribution >= 0.6 is 0 Å². The molecule has 0 spiro atoms. The first kappa shape index (κ1) is 12.1. The highest BCUT2D eigenvalue weighted by Gasteiger charge is 2.06. The fourth-order valence-corrected chi connectivity index (χ4v) is 1.63. The van der Waals surface area contributed by atoms with Gasteiger partial charge in [-0.25, -0.2) is 4.98 Å². The minimum Gasteiger partial charge on any atom is -0.469 e. The molecule has 20 heavy (non-hydrogen) atoms. The highest BCUT2D eigenvalue weighted by molar-refractivity contribution is 5.34. The summed E-state index contributed by atoms with van der Waals surface area (Å²) in [5.74, 6) is 1.70. The van der Waals surface area contributed by atoms with Gasteiger partial charge >= 0.3 is 0 Å². The Labute approximate surface area is 113 Å². The lowest BCUT2D eigenvalue weighted by molar-refractivity contribution is 0.512. The molecule has 0 saturated heterocycles. The lowest BCUT2D eigenvalue weighted by Crippen LogP contribution is -2.13. The van der Waals surface area contributed by atoms with Crippen molar-refractivity contribution in [3.63, 3.8) is 0 Å². The quantitative estimate of drug-likeness (QED) is 0.679. The highest BCUT2D eigenvalue weighted by Crippen LogP contribution is 2.06. The summed E-state index contributed by atoms with van der Waals surface area (Å²) in [5.41, 5.74) is 5.65. The second-order valence-electron chi connectivity index (χ2n) is 3.91. The maximum atomic E-state index is 5.65. The first-order chi connectivity index (χ1) is 9.81. The molecule has 0 amide bonds. The Morgan fingerprint density at radius 2 is 2.25 bits per heavy atom. The minimum atomic E-state index is 0.117. The van der Waals surface area contributed by atoms with Crippen molar-refractivity contribution in [2.45, 2.75) is 6.42 Å². The number of nitrogen functional groups attached to an aromatic ring is 1. The van der Waals surface area contributed by atoms with E-state index >= 15 is 0 Å². The zero-order valence-electron chi connectivity index (χ0n) is 10.5. The zero-order valence-corrected chi connectivity index (χ0v) is 10.5. The number of nitrogens with two attached hydrogens (primary N) is 1. The van der Waals surface area contributed by atoms with Gasteiger partial charge in [0.1, 0.15) is 18.4 Å². The largest absolute Gasteiger partial charge is 0.469 e. The van der Waals surface area contributed by atoms with Crippen molar-refractivity contribution in [1.82, 2.24) is 29.7 Å². The number of hydrogen-bond acceptors (Lipinski definition) is 8. The van der Waals surface area contributed by atoms with E-state index in [1.165, 1.54) is 17.3 Å². The van der Waals surface area contributed by atoms with E-state index in [0.717, 1.165) is 12.2 Å². The monoisotopic (exact) mass is 272 g/mol. The summed E-state index contributed by atoms with van der Waals surface area (Å²) in [4.78, 5) is 16.0. The maximum Gasteiger partial charge on any atom is 0.258 e. The second-order valence-corrected chi connectivity index (χ2v) is 3.91. The lowest BCUT2D eigenvalue weighted by atomic mass is 10.3. The third-order valence-corrected chi connectivity index (χ3v) is 2.50. The number of aromatic nitrogens is 6. The predicted molar refractivity (Wildman–Crippen MR) is 70.1 cm³/mol. The van der Waals surface area contributed by atoms with Crippen LogP contribution in [0.4, 0.5) is 11.9 Å². The molecular weight excluding hydrogens is 260 g/mol. The van der Waals surface area contributed by atoms with Gasteiger partial charge in [-0.15, -0.1) is 0 Å². The number of rotatable bonds is 5. The first-order valence-corrected chi connectivity index (χ1v) is 5.94. The molecule has 0 unspecified atom stereocenters. The van der Waals surface area contributed by atoms with Gasteiger partial charge in [0.15, 0.2) is 0 Å². The van der Waals surface area contributed by atoms with Crippen molar-refractivity contribution in [2.75, 3.05) is 17.6 Å². The Morgan fingerprint density at radius 1 is 1.30 bits per heavy atom. The predicted octanol–water partition coefficient (Wildman–Crippen LogP) is 0.282. The Kier molecular flexibility index (Phi) is 3.23. The van der Waals surface area contributed by atoms with Crippen LogP contribution in [0.1, 0.15) is 5.76 Å².